The van der Waals surface area contributed by atoms with Crippen LogP contribution in [-0.2, 0) is 11.2 Å². The normalized spacial score (nSPS) is 27.0. The second kappa shape index (κ2) is 5.27. The third-order valence-electron chi connectivity index (χ3n) is 4.60. The molecule has 3 rings (SSSR count). The van der Waals surface area contributed by atoms with Crippen molar-refractivity contribution in [3.63, 3.8) is 0 Å². The highest BCUT2D eigenvalue weighted by molar-refractivity contribution is 5.84. The SMILES string of the molecule is N=C(N)CCCC[C@@H]1C(=O)N[C@@H]2Cc3ccccc3[C@@H]12. The first-order valence-electron chi connectivity index (χ1n) is 7.38. The molecule has 3 atom stereocenters. The summed E-state index contributed by atoms with van der Waals surface area (Å²) in [6.07, 6.45) is 4.37. The molecule has 1 aromatic rings. The van der Waals surface area contributed by atoms with Crippen LogP contribution in [0.25, 0.3) is 0 Å². The Kier molecular flexibility index (Phi) is 3.47. The Morgan fingerprint density at radius 1 is 1.35 bits per heavy atom. The number of carbonyl (C=O) groups is 1. The lowest BCUT2D eigenvalue weighted by atomic mass is 9.84. The van der Waals surface area contributed by atoms with Crippen LogP contribution in [0.5, 0.6) is 0 Å². The van der Waals surface area contributed by atoms with Gasteiger partial charge in [-0.2, -0.15) is 0 Å². The van der Waals surface area contributed by atoms with E-state index in [-0.39, 0.29) is 23.7 Å². The van der Waals surface area contributed by atoms with E-state index in [9.17, 15) is 4.79 Å². The Morgan fingerprint density at radius 2 is 2.15 bits per heavy atom. The van der Waals surface area contributed by atoms with Crippen molar-refractivity contribution >= 4 is 11.7 Å². The molecule has 0 radical (unpaired) electrons. The molecule has 1 aliphatic heterocycles. The van der Waals surface area contributed by atoms with Crippen molar-refractivity contribution in [1.82, 2.24) is 5.32 Å². The van der Waals surface area contributed by atoms with Crippen molar-refractivity contribution in [2.24, 2.45) is 11.7 Å². The maximum atomic E-state index is 12.1. The predicted octanol–water partition coefficient (Wildman–Crippen LogP) is 1.94. The molecule has 2 aliphatic rings. The Balaban J connectivity index is 1.68. The molecular formula is C16H21N3O. The second-order valence-corrected chi connectivity index (χ2v) is 5.92. The number of amides is 1. The maximum absolute atomic E-state index is 12.1. The molecule has 1 amide bonds. The van der Waals surface area contributed by atoms with Crippen molar-refractivity contribution in [3.05, 3.63) is 35.4 Å². The lowest BCUT2D eigenvalue weighted by Crippen LogP contribution is -2.27. The number of unbranched alkanes of at least 4 members (excludes halogenated alkanes) is 1. The van der Waals surface area contributed by atoms with Gasteiger partial charge in [-0.05, 0) is 30.4 Å². The Morgan fingerprint density at radius 3 is 2.95 bits per heavy atom. The molecule has 4 heteroatoms. The smallest absolute Gasteiger partial charge is 0.224 e. The molecule has 0 spiro atoms. The summed E-state index contributed by atoms with van der Waals surface area (Å²) in [6.45, 7) is 0. The number of nitrogens with two attached hydrogens (primary N) is 1. The van der Waals surface area contributed by atoms with Gasteiger partial charge in [-0.15, -0.1) is 0 Å². The van der Waals surface area contributed by atoms with Crippen LogP contribution < -0.4 is 11.1 Å². The van der Waals surface area contributed by atoms with Gasteiger partial charge in [0.25, 0.3) is 0 Å². The number of nitrogens with one attached hydrogen (secondary N) is 2. The van der Waals surface area contributed by atoms with Gasteiger partial charge in [0.1, 0.15) is 0 Å². The summed E-state index contributed by atoms with van der Waals surface area (Å²) in [5, 5.41) is 10.4. The van der Waals surface area contributed by atoms with E-state index in [4.69, 9.17) is 11.1 Å². The Labute approximate surface area is 119 Å². The fourth-order valence-corrected chi connectivity index (χ4v) is 3.71. The Hall–Kier alpha value is -1.84. The van der Waals surface area contributed by atoms with Crippen molar-refractivity contribution in [2.45, 2.75) is 44.1 Å². The quantitative estimate of drug-likeness (QED) is 0.435. The van der Waals surface area contributed by atoms with E-state index in [1.807, 2.05) is 0 Å². The van der Waals surface area contributed by atoms with Gasteiger partial charge in [0.05, 0.1) is 5.84 Å². The van der Waals surface area contributed by atoms with Crippen LogP contribution in [-0.4, -0.2) is 17.8 Å². The zero-order chi connectivity index (χ0) is 14.1. The predicted molar refractivity (Wildman–Crippen MR) is 78.7 cm³/mol. The van der Waals surface area contributed by atoms with Crippen LogP contribution in [0, 0.1) is 11.3 Å². The van der Waals surface area contributed by atoms with Crippen molar-refractivity contribution in [3.8, 4) is 0 Å². The highest BCUT2D eigenvalue weighted by Gasteiger charge is 2.46. The number of benzene rings is 1. The maximum Gasteiger partial charge on any atom is 0.224 e. The molecule has 4 nitrogen and oxygen atoms in total. The first-order chi connectivity index (χ1) is 9.66. The number of rotatable bonds is 5. The minimum absolute atomic E-state index is 0.0932. The largest absolute Gasteiger partial charge is 0.388 e. The third-order valence-corrected chi connectivity index (χ3v) is 4.60. The van der Waals surface area contributed by atoms with Crippen molar-refractivity contribution in [2.75, 3.05) is 0 Å². The molecule has 1 aromatic carbocycles. The van der Waals surface area contributed by atoms with Gasteiger partial charge in [-0.1, -0.05) is 30.7 Å². The average molecular weight is 271 g/mol. The number of fused-ring (bicyclic) bond motifs is 3. The summed E-state index contributed by atoms with van der Waals surface area (Å²) in [6, 6.07) is 8.77. The number of hydrogen-bond donors (Lipinski definition) is 3. The van der Waals surface area contributed by atoms with Crippen LogP contribution in [0.15, 0.2) is 24.3 Å². The van der Waals surface area contributed by atoms with Gasteiger partial charge in [-0.3, -0.25) is 10.2 Å². The highest BCUT2D eigenvalue weighted by atomic mass is 16.2. The summed E-state index contributed by atoms with van der Waals surface area (Å²) in [5.74, 6) is 0.883. The van der Waals surface area contributed by atoms with Crippen molar-refractivity contribution in [1.29, 1.82) is 5.41 Å². The van der Waals surface area contributed by atoms with Gasteiger partial charge in [0.15, 0.2) is 0 Å². The topological polar surface area (TPSA) is 79.0 Å². The lowest BCUT2D eigenvalue weighted by Gasteiger charge is -2.16. The van der Waals surface area contributed by atoms with Gasteiger partial charge in [0.2, 0.25) is 5.91 Å². The van der Waals surface area contributed by atoms with Crippen LogP contribution in [0.2, 0.25) is 0 Å². The van der Waals surface area contributed by atoms with Crippen LogP contribution >= 0.6 is 0 Å². The molecule has 0 aromatic heterocycles. The first kappa shape index (κ1) is 13.2. The highest BCUT2D eigenvalue weighted by Crippen LogP contribution is 2.44. The number of hydrogen-bond acceptors (Lipinski definition) is 2. The fraction of sp³-hybridized carbons (Fsp3) is 0.500. The molecule has 1 aliphatic carbocycles. The van der Waals surface area contributed by atoms with Crippen LogP contribution in [0.4, 0.5) is 0 Å². The molecule has 1 saturated heterocycles. The summed E-state index contributed by atoms with van der Waals surface area (Å²) in [5.41, 5.74) is 8.11. The fourth-order valence-electron chi connectivity index (χ4n) is 3.71. The summed E-state index contributed by atoms with van der Waals surface area (Å²) >= 11 is 0. The zero-order valence-corrected chi connectivity index (χ0v) is 11.6. The second-order valence-electron chi connectivity index (χ2n) is 5.92. The zero-order valence-electron chi connectivity index (χ0n) is 11.6. The van der Waals surface area contributed by atoms with Crippen LogP contribution in [0.3, 0.4) is 0 Å². The minimum atomic E-state index is 0.0932. The molecule has 0 bridgehead atoms. The Bertz CT molecular complexity index is 540. The standard InChI is InChI=1S/C16H21N3O/c17-14(18)8-4-3-7-12-15-11-6-2-1-5-10(11)9-13(15)19-16(12)20/h1-2,5-6,12-13,15H,3-4,7-9H2,(H3,17,18)(H,19,20)/t12-,13+,15-/m0/s1. The van der Waals surface area contributed by atoms with Gasteiger partial charge >= 0.3 is 0 Å². The third kappa shape index (κ3) is 2.30. The van der Waals surface area contributed by atoms with Crippen molar-refractivity contribution < 1.29 is 4.79 Å². The van der Waals surface area contributed by atoms with E-state index in [2.05, 4.69) is 29.6 Å². The van der Waals surface area contributed by atoms with E-state index < -0.39 is 0 Å². The van der Waals surface area contributed by atoms with E-state index >= 15 is 0 Å². The number of amidine groups is 1. The van der Waals surface area contributed by atoms with Gasteiger partial charge < -0.3 is 11.1 Å². The molecule has 1 fully saturated rings. The molecule has 0 saturated carbocycles. The van der Waals surface area contributed by atoms with E-state index in [0.29, 0.717) is 12.3 Å². The van der Waals surface area contributed by atoms with E-state index in [0.717, 1.165) is 25.7 Å². The molecule has 106 valence electrons. The monoisotopic (exact) mass is 271 g/mol. The first-order valence-corrected chi connectivity index (χ1v) is 7.38. The lowest BCUT2D eigenvalue weighted by molar-refractivity contribution is -0.123. The molecule has 1 heterocycles. The van der Waals surface area contributed by atoms with E-state index in [1.54, 1.807) is 0 Å². The van der Waals surface area contributed by atoms with Gasteiger partial charge in [0, 0.05) is 24.3 Å². The molecule has 20 heavy (non-hydrogen) atoms. The minimum Gasteiger partial charge on any atom is -0.388 e. The summed E-state index contributed by atoms with van der Waals surface area (Å²) in [7, 11) is 0. The van der Waals surface area contributed by atoms with E-state index in [1.165, 1.54) is 11.1 Å². The van der Waals surface area contributed by atoms with Gasteiger partial charge in [-0.25, -0.2) is 0 Å². The molecule has 4 N–H and O–H groups in total. The summed E-state index contributed by atoms with van der Waals surface area (Å²) in [4.78, 5) is 12.1. The average Bonchev–Trinajstić information content (AvgIpc) is 2.90. The molecule has 0 unspecified atom stereocenters. The molecular weight excluding hydrogens is 250 g/mol. The summed E-state index contributed by atoms with van der Waals surface area (Å²) < 4.78 is 0. The van der Waals surface area contributed by atoms with Crippen LogP contribution in [0.1, 0.15) is 42.7 Å². The number of carbonyl (C=O) groups excluding carboxylic acids is 1.